The maximum Gasteiger partial charge on any atom is 0.151 e. The predicted octanol–water partition coefficient (Wildman–Crippen LogP) is 1.36. The molecule has 1 heterocycles. The fraction of sp³-hybridized carbons (Fsp3) is 1.00. The van der Waals surface area contributed by atoms with E-state index in [1.165, 1.54) is 0 Å². The van der Waals surface area contributed by atoms with Gasteiger partial charge in [-0.15, -0.1) is 0 Å². The summed E-state index contributed by atoms with van der Waals surface area (Å²) in [6, 6.07) is 0.375. The van der Waals surface area contributed by atoms with Crippen molar-refractivity contribution < 1.29 is 13.2 Å². The first-order valence-corrected chi connectivity index (χ1v) is 8.16. The molecule has 1 rings (SSSR count). The molecule has 0 amide bonds. The fourth-order valence-corrected chi connectivity index (χ4v) is 3.42. The van der Waals surface area contributed by atoms with Crippen molar-refractivity contribution in [1.29, 1.82) is 0 Å². The second kappa shape index (κ2) is 5.67. The lowest BCUT2D eigenvalue weighted by Crippen LogP contribution is -2.48. The van der Waals surface area contributed by atoms with Crippen molar-refractivity contribution in [2.75, 3.05) is 18.1 Å². The van der Waals surface area contributed by atoms with Crippen LogP contribution < -0.4 is 5.32 Å². The molecule has 1 aliphatic heterocycles. The average Bonchev–Trinajstić information content (AvgIpc) is 2.14. The monoisotopic (exact) mass is 263 g/mol. The Morgan fingerprint density at radius 1 is 1.47 bits per heavy atom. The summed E-state index contributed by atoms with van der Waals surface area (Å²) in [4.78, 5) is 0. The number of nitrogens with one attached hydrogen (secondary N) is 1. The standard InChI is InChI=1S/C12H25NO3S/c1-5-17(14,15)9-10(2)13-11-6-7-16-12(3,4)8-11/h10-11,13H,5-9H2,1-4H3. The Morgan fingerprint density at radius 2 is 2.12 bits per heavy atom. The molecule has 102 valence electrons. The highest BCUT2D eigenvalue weighted by Gasteiger charge is 2.29. The third-order valence-corrected chi connectivity index (χ3v) is 5.05. The summed E-state index contributed by atoms with van der Waals surface area (Å²) in [6.07, 6.45) is 1.89. The second-order valence-corrected chi connectivity index (χ2v) is 7.96. The molecule has 1 N–H and O–H groups in total. The first kappa shape index (κ1) is 14.9. The van der Waals surface area contributed by atoms with Crippen molar-refractivity contribution in [2.45, 2.75) is 58.2 Å². The second-order valence-electron chi connectivity index (χ2n) is 5.56. The van der Waals surface area contributed by atoms with Crippen LogP contribution in [0, 0.1) is 0 Å². The van der Waals surface area contributed by atoms with Crippen LogP contribution in [0.25, 0.3) is 0 Å². The van der Waals surface area contributed by atoms with Gasteiger partial charge in [-0.25, -0.2) is 8.42 Å². The van der Waals surface area contributed by atoms with Gasteiger partial charge < -0.3 is 10.1 Å². The summed E-state index contributed by atoms with van der Waals surface area (Å²) >= 11 is 0. The molecule has 1 fully saturated rings. The molecule has 0 aromatic heterocycles. The quantitative estimate of drug-likeness (QED) is 0.813. The normalized spacial score (nSPS) is 26.7. The van der Waals surface area contributed by atoms with Gasteiger partial charge in [0.2, 0.25) is 0 Å². The molecule has 0 saturated carbocycles. The first-order valence-electron chi connectivity index (χ1n) is 6.34. The Labute approximate surface area is 105 Å². The molecule has 2 unspecified atom stereocenters. The summed E-state index contributed by atoms with van der Waals surface area (Å²) in [7, 11) is -2.89. The van der Waals surface area contributed by atoms with Crippen LogP contribution in [0.3, 0.4) is 0 Å². The van der Waals surface area contributed by atoms with Crippen LogP contribution in [0.1, 0.15) is 40.5 Å². The summed E-state index contributed by atoms with van der Waals surface area (Å²) in [5, 5.41) is 3.41. The molecule has 0 aromatic rings. The molecule has 0 aromatic carbocycles. The highest BCUT2D eigenvalue weighted by molar-refractivity contribution is 7.91. The van der Waals surface area contributed by atoms with Crippen LogP contribution in [0.2, 0.25) is 0 Å². The first-order chi connectivity index (χ1) is 7.74. The minimum atomic E-state index is -2.89. The van der Waals surface area contributed by atoms with Gasteiger partial charge in [0.1, 0.15) is 0 Å². The van der Waals surface area contributed by atoms with Gasteiger partial charge >= 0.3 is 0 Å². The van der Waals surface area contributed by atoms with E-state index in [1.54, 1.807) is 6.92 Å². The summed E-state index contributed by atoms with van der Waals surface area (Å²) in [6.45, 7) is 8.54. The van der Waals surface area contributed by atoms with E-state index < -0.39 is 9.84 Å². The van der Waals surface area contributed by atoms with Crippen molar-refractivity contribution in [3.8, 4) is 0 Å². The summed E-state index contributed by atoms with van der Waals surface area (Å²) in [5.41, 5.74) is -0.0979. The zero-order valence-electron chi connectivity index (χ0n) is 11.3. The van der Waals surface area contributed by atoms with Gasteiger partial charge in [0.15, 0.2) is 9.84 Å². The van der Waals surface area contributed by atoms with E-state index in [2.05, 4.69) is 19.2 Å². The van der Waals surface area contributed by atoms with Gasteiger partial charge in [-0.2, -0.15) is 0 Å². The molecule has 5 heteroatoms. The van der Waals surface area contributed by atoms with Crippen molar-refractivity contribution >= 4 is 9.84 Å². The van der Waals surface area contributed by atoms with Gasteiger partial charge in [0.25, 0.3) is 0 Å². The number of hydrogen-bond donors (Lipinski definition) is 1. The molecule has 17 heavy (non-hydrogen) atoms. The minimum Gasteiger partial charge on any atom is -0.375 e. The van der Waals surface area contributed by atoms with Crippen LogP contribution in [0.4, 0.5) is 0 Å². The van der Waals surface area contributed by atoms with Crippen molar-refractivity contribution in [3.63, 3.8) is 0 Å². The van der Waals surface area contributed by atoms with Crippen molar-refractivity contribution in [1.82, 2.24) is 5.32 Å². The van der Waals surface area contributed by atoms with E-state index in [-0.39, 0.29) is 23.1 Å². The predicted molar refractivity (Wildman–Crippen MR) is 70.0 cm³/mol. The Hall–Kier alpha value is -0.130. The number of hydrogen-bond acceptors (Lipinski definition) is 4. The molecule has 1 saturated heterocycles. The third kappa shape index (κ3) is 5.36. The Bertz CT molecular complexity index is 338. The van der Waals surface area contributed by atoms with Crippen LogP contribution in [0.15, 0.2) is 0 Å². The van der Waals surface area contributed by atoms with E-state index in [0.29, 0.717) is 6.04 Å². The highest BCUT2D eigenvalue weighted by Crippen LogP contribution is 2.24. The molecule has 1 aliphatic rings. The van der Waals surface area contributed by atoms with E-state index in [9.17, 15) is 8.42 Å². The average molecular weight is 263 g/mol. The Morgan fingerprint density at radius 3 is 2.65 bits per heavy atom. The number of rotatable bonds is 5. The van der Waals surface area contributed by atoms with Gasteiger partial charge in [-0.3, -0.25) is 0 Å². The Balaban J connectivity index is 2.44. The highest BCUT2D eigenvalue weighted by atomic mass is 32.2. The smallest absolute Gasteiger partial charge is 0.151 e. The zero-order valence-corrected chi connectivity index (χ0v) is 12.1. The molecule has 0 radical (unpaired) electrons. The SMILES string of the molecule is CCS(=O)(=O)CC(C)NC1CCOC(C)(C)C1. The molecule has 2 atom stereocenters. The summed E-state index contributed by atoms with van der Waals surface area (Å²) in [5.74, 6) is 0.444. The lowest BCUT2D eigenvalue weighted by molar-refractivity contribution is -0.0636. The van der Waals surface area contributed by atoms with Gasteiger partial charge in [-0.05, 0) is 33.6 Å². The minimum absolute atomic E-state index is 0.0128. The van der Waals surface area contributed by atoms with Crippen LogP contribution in [-0.4, -0.2) is 44.2 Å². The van der Waals surface area contributed by atoms with E-state index in [4.69, 9.17) is 4.74 Å². The van der Waals surface area contributed by atoms with Crippen molar-refractivity contribution in [3.05, 3.63) is 0 Å². The number of ether oxygens (including phenoxy) is 1. The summed E-state index contributed by atoms with van der Waals surface area (Å²) < 4.78 is 28.7. The lowest BCUT2D eigenvalue weighted by atomic mass is 9.93. The number of sulfone groups is 1. The zero-order chi connectivity index (χ0) is 13.1. The van der Waals surface area contributed by atoms with Gasteiger partial charge in [0.05, 0.1) is 11.4 Å². The molecular weight excluding hydrogens is 238 g/mol. The fourth-order valence-electron chi connectivity index (χ4n) is 2.32. The van der Waals surface area contributed by atoms with Gasteiger partial charge in [0, 0.05) is 24.4 Å². The van der Waals surface area contributed by atoms with Gasteiger partial charge in [-0.1, -0.05) is 6.92 Å². The maximum absolute atomic E-state index is 11.5. The topological polar surface area (TPSA) is 55.4 Å². The molecule has 0 spiro atoms. The lowest BCUT2D eigenvalue weighted by Gasteiger charge is -2.37. The van der Waals surface area contributed by atoms with Crippen LogP contribution in [-0.2, 0) is 14.6 Å². The van der Waals surface area contributed by atoms with Crippen molar-refractivity contribution in [2.24, 2.45) is 0 Å². The molecule has 0 aliphatic carbocycles. The largest absolute Gasteiger partial charge is 0.375 e. The van der Waals surface area contributed by atoms with Crippen LogP contribution >= 0.6 is 0 Å². The van der Waals surface area contributed by atoms with E-state index in [1.807, 2.05) is 6.92 Å². The Kier molecular flexibility index (Phi) is 4.98. The molecular formula is C12H25NO3S. The third-order valence-electron chi connectivity index (χ3n) is 3.16. The van der Waals surface area contributed by atoms with E-state index >= 15 is 0 Å². The van der Waals surface area contributed by atoms with Crippen LogP contribution in [0.5, 0.6) is 0 Å². The molecule has 0 bridgehead atoms. The van der Waals surface area contributed by atoms with E-state index in [0.717, 1.165) is 19.4 Å². The molecule has 4 nitrogen and oxygen atoms in total. The maximum atomic E-state index is 11.5.